The van der Waals surface area contributed by atoms with E-state index in [0.717, 1.165) is 26.2 Å². The van der Waals surface area contributed by atoms with Crippen LogP contribution in [0, 0.1) is 13.8 Å². The van der Waals surface area contributed by atoms with Crippen LogP contribution in [0.5, 0.6) is 0 Å². The third-order valence-corrected chi connectivity index (χ3v) is 3.05. The molecule has 1 aliphatic rings. The molecular formula is C13H19NO. The lowest BCUT2D eigenvalue weighted by molar-refractivity contribution is 0.0770. The highest BCUT2D eigenvalue weighted by Gasteiger charge is 2.13. The van der Waals surface area contributed by atoms with Gasteiger partial charge in [-0.1, -0.05) is 18.2 Å². The van der Waals surface area contributed by atoms with Gasteiger partial charge in [-0.2, -0.15) is 0 Å². The fourth-order valence-corrected chi connectivity index (χ4v) is 1.97. The molecule has 0 radical (unpaired) electrons. The highest BCUT2D eigenvalue weighted by Crippen LogP contribution is 2.12. The van der Waals surface area contributed by atoms with Gasteiger partial charge in [0.25, 0.3) is 0 Å². The fourth-order valence-electron chi connectivity index (χ4n) is 1.97. The van der Waals surface area contributed by atoms with Crippen LogP contribution in [0.25, 0.3) is 0 Å². The van der Waals surface area contributed by atoms with E-state index in [-0.39, 0.29) is 0 Å². The lowest BCUT2D eigenvalue weighted by atomic mass is 10.0. The lowest BCUT2D eigenvalue weighted by Gasteiger charge is -2.24. The lowest BCUT2D eigenvalue weighted by Crippen LogP contribution is -2.42. The standard InChI is InChI=1S/C13H19NO/c1-10-3-4-12(7-11(10)2)8-13-9-15-6-5-14-13/h3-4,7,13-14H,5-6,8-9H2,1-2H3. The zero-order chi connectivity index (χ0) is 10.7. The van der Waals surface area contributed by atoms with Crippen molar-refractivity contribution in [1.82, 2.24) is 5.32 Å². The molecular weight excluding hydrogens is 186 g/mol. The Morgan fingerprint density at radius 1 is 1.33 bits per heavy atom. The van der Waals surface area contributed by atoms with Crippen molar-refractivity contribution in [1.29, 1.82) is 0 Å². The summed E-state index contributed by atoms with van der Waals surface area (Å²) < 4.78 is 5.45. The van der Waals surface area contributed by atoms with E-state index in [0.29, 0.717) is 6.04 Å². The summed E-state index contributed by atoms with van der Waals surface area (Å²) in [6.45, 7) is 7.00. The zero-order valence-corrected chi connectivity index (χ0v) is 9.55. The summed E-state index contributed by atoms with van der Waals surface area (Å²) in [6.07, 6.45) is 1.07. The number of hydrogen-bond donors (Lipinski definition) is 1. The number of benzene rings is 1. The molecule has 1 aromatic carbocycles. The van der Waals surface area contributed by atoms with Crippen molar-refractivity contribution >= 4 is 0 Å². The zero-order valence-electron chi connectivity index (χ0n) is 9.55. The van der Waals surface area contributed by atoms with E-state index in [9.17, 15) is 0 Å². The molecule has 1 atom stereocenters. The molecule has 2 heteroatoms. The summed E-state index contributed by atoms with van der Waals surface area (Å²) in [4.78, 5) is 0. The Morgan fingerprint density at radius 2 is 2.20 bits per heavy atom. The maximum atomic E-state index is 5.45. The van der Waals surface area contributed by atoms with Crippen LogP contribution in [0.4, 0.5) is 0 Å². The van der Waals surface area contributed by atoms with Crippen LogP contribution in [0.2, 0.25) is 0 Å². The number of rotatable bonds is 2. The van der Waals surface area contributed by atoms with Gasteiger partial charge in [0.05, 0.1) is 13.2 Å². The fraction of sp³-hybridized carbons (Fsp3) is 0.538. The van der Waals surface area contributed by atoms with Crippen LogP contribution in [-0.4, -0.2) is 25.8 Å². The molecule has 0 aromatic heterocycles. The number of aryl methyl sites for hydroxylation is 2. The molecule has 1 saturated heterocycles. The number of ether oxygens (including phenoxy) is 1. The molecule has 1 aliphatic heterocycles. The second-order valence-electron chi connectivity index (χ2n) is 4.35. The maximum absolute atomic E-state index is 5.45. The first kappa shape index (κ1) is 10.7. The Labute approximate surface area is 91.6 Å². The van der Waals surface area contributed by atoms with Crippen molar-refractivity contribution in [2.75, 3.05) is 19.8 Å². The van der Waals surface area contributed by atoms with Crippen molar-refractivity contribution in [3.63, 3.8) is 0 Å². The van der Waals surface area contributed by atoms with Gasteiger partial charge >= 0.3 is 0 Å². The van der Waals surface area contributed by atoms with Gasteiger partial charge in [-0.3, -0.25) is 0 Å². The van der Waals surface area contributed by atoms with Crippen molar-refractivity contribution in [2.45, 2.75) is 26.3 Å². The van der Waals surface area contributed by atoms with Crippen molar-refractivity contribution in [3.8, 4) is 0 Å². The van der Waals surface area contributed by atoms with E-state index in [2.05, 4.69) is 37.4 Å². The van der Waals surface area contributed by atoms with Crippen LogP contribution in [0.1, 0.15) is 16.7 Å². The highest BCUT2D eigenvalue weighted by atomic mass is 16.5. The predicted molar refractivity (Wildman–Crippen MR) is 62.2 cm³/mol. The van der Waals surface area contributed by atoms with E-state index >= 15 is 0 Å². The minimum absolute atomic E-state index is 0.487. The molecule has 0 spiro atoms. The topological polar surface area (TPSA) is 21.3 Å². The highest BCUT2D eigenvalue weighted by molar-refractivity contribution is 5.30. The molecule has 0 saturated carbocycles. The van der Waals surface area contributed by atoms with E-state index in [1.54, 1.807) is 0 Å². The molecule has 0 amide bonds. The Hall–Kier alpha value is -0.860. The number of hydrogen-bond acceptors (Lipinski definition) is 2. The van der Waals surface area contributed by atoms with Crippen LogP contribution in [-0.2, 0) is 11.2 Å². The van der Waals surface area contributed by atoms with Gasteiger partial charge in [-0.05, 0) is 37.0 Å². The van der Waals surface area contributed by atoms with Gasteiger partial charge in [0.1, 0.15) is 0 Å². The molecule has 0 bridgehead atoms. The molecule has 2 rings (SSSR count). The first-order chi connectivity index (χ1) is 7.25. The SMILES string of the molecule is Cc1ccc(CC2COCCN2)cc1C. The first-order valence-corrected chi connectivity index (χ1v) is 5.63. The summed E-state index contributed by atoms with van der Waals surface area (Å²) in [5.74, 6) is 0. The third kappa shape index (κ3) is 2.80. The third-order valence-electron chi connectivity index (χ3n) is 3.05. The van der Waals surface area contributed by atoms with Gasteiger partial charge < -0.3 is 10.1 Å². The average Bonchev–Trinajstić information content (AvgIpc) is 2.25. The van der Waals surface area contributed by atoms with Crippen LogP contribution in [0.3, 0.4) is 0 Å². The minimum atomic E-state index is 0.487. The maximum Gasteiger partial charge on any atom is 0.0623 e. The Balaban J connectivity index is 2.00. The van der Waals surface area contributed by atoms with Gasteiger partial charge in [-0.25, -0.2) is 0 Å². The van der Waals surface area contributed by atoms with Gasteiger partial charge in [0.15, 0.2) is 0 Å². The molecule has 1 N–H and O–H groups in total. The van der Waals surface area contributed by atoms with Crippen molar-refractivity contribution in [3.05, 3.63) is 34.9 Å². The van der Waals surface area contributed by atoms with Gasteiger partial charge in [-0.15, -0.1) is 0 Å². The second kappa shape index (κ2) is 4.77. The summed E-state index contributed by atoms with van der Waals surface area (Å²) in [6, 6.07) is 7.19. The van der Waals surface area contributed by atoms with Crippen molar-refractivity contribution < 1.29 is 4.74 Å². The quantitative estimate of drug-likeness (QED) is 0.795. The summed E-state index contributed by atoms with van der Waals surface area (Å²) in [5, 5.41) is 3.48. The van der Waals surface area contributed by atoms with Gasteiger partial charge in [0, 0.05) is 12.6 Å². The van der Waals surface area contributed by atoms with Crippen LogP contribution in [0.15, 0.2) is 18.2 Å². The monoisotopic (exact) mass is 205 g/mol. The number of nitrogens with one attached hydrogen (secondary N) is 1. The molecule has 1 unspecified atom stereocenters. The number of morpholine rings is 1. The normalized spacial score (nSPS) is 21.6. The van der Waals surface area contributed by atoms with E-state index < -0.39 is 0 Å². The molecule has 1 aromatic rings. The first-order valence-electron chi connectivity index (χ1n) is 5.63. The predicted octanol–water partition coefficient (Wildman–Crippen LogP) is 1.83. The molecule has 1 heterocycles. The minimum Gasteiger partial charge on any atom is -0.379 e. The Bertz CT molecular complexity index is 329. The molecule has 82 valence electrons. The van der Waals surface area contributed by atoms with Crippen LogP contribution < -0.4 is 5.32 Å². The summed E-state index contributed by atoms with van der Waals surface area (Å²) in [7, 11) is 0. The Kier molecular flexibility index (Phi) is 3.39. The Morgan fingerprint density at radius 3 is 2.87 bits per heavy atom. The smallest absolute Gasteiger partial charge is 0.0623 e. The average molecular weight is 205 g/mol. The summed E-state index contributed by atoms with van der Waals surface area (Å²) in [5.41, 5.74) is 4.15. The molecule has 15 heavy (non-hydrogen) atoms. The van der Waals surface area contributed by atoms with Crippen LogP contribution >= 0.6 is 0 Å². The van der Waals surface area contributed by atoms with E-state index in [1.807, 2.05) is 0 Å². The summed E-state index contributed by atoms with van der Waals surface area (Å²) >= 11 is 0. The van der Waals surface area contributed by atoms with Crippen molar-refractivity contribution in [2.24, 2.45) is 0 Å². The van der Waals surface area contributed by atoms with E-state index in [1.165, 1.54) is 16.7 Å². The van der Waals surface area contributed by atoms with Gasteiger partial charge in [0.2, 0.25) is 0 Å². The second-order valence-corrected chi connectivity index (χ2v) is 4.35. The molecule has 0 aliphatic carbocycles. The van der Waals surface area contributed by atoms with E-state index in [4.69, 9.17) is 4.74 Å². The largest absolute Gasteiger partial charge is 0.379 e. The molecule has 2 nitrogen and oxygen atoms in total. The molecule has 1 fully saturated rings.